The Morgan fingerprint density at radius 1 is 0.879 bits per heavy atom. The topological polar surface area (TPSA) is 58.6 Å². The fourth-order valence-electron chi connectivity index (χ4n) is 3.70. The first-order valence-electron chi connectivity index (χ1n) is 10.8. The zero-order valence-corrected chi connectivity index (χ0v) is 20.0. The quantitative estimate of drug-likeness (QED) is 0.440. The average Bonchev–Trinajstić information content (AvgIpc) is 3.01. The van der Waals surface area contributed by atoms with Crippen LogP contribution >= 0.6 is 11.8 Å². The number of thioether (sulfide) groups is 1. The molecule has 0 saturated carbocycles. The van der Waals surface area contributed by atoms with Gasteiger partial charge in [0.15, 0.2) is 0 Å². The van der Waals surface area contributed by atoms with Gasteiger partial charge in [0, 0.05) is 4.90 Å². The van der Waals surface area contributed by atoms with Crippen molar-refractivity contribution in [2.45, 2.75) is 32.6 Å². The molecule has 3 aromatic rings. The van der Waals surface area contributed by atoms with Crippen molar-refractivity contribution < 1.29 is 14.3 Å². The van der Waals surface area contributed by atoms with Crippen LogP contribution in [-0.4, -0.2) is 18.4 Å². The highest BCUT2D eigenvalue weighted by atomic mass is 32.2. The molecule has 2 amide bonds. The number of nitrogens with zero attached hydrogens (tertiary/aromatic N) is 1. The molecule has 1 aliphatic heterocycles. The lowest BCUT2D eigenvalue weighted by molar-refractivity contribution is -0.120. The zero-order chi connectivity index (χ0) is 23.5. The minimum Gasteiger partial charge on any atom is -0.492 e. The number of carbonyl (C=O) groups is 2. The molecule has 0 bridgehead atoms. The third kappa shape index (κ3) is 4.66. The van der Waals surface area contributed by atoms with Crippen LogP contribution in [0, 0.1) is 20.8 Å². The molecule has 3 aromatic carbocycles. The zero-order valence-electron chi connectivity index (χ0n) is 19.1. The Morgan fingerprint density at radius 3 is 2.27 bits per heavy atom. The van der Waals surface area contributed by atoms with Crippen LogP contribution in [0.5, 0.6) is 5.75 Å². The van der Waals surface area contributed by atoms with Gasteiger partial charge in [0.05, 0.1) is 18.0 Å². The lowest BCUT2D eigenvalue weighted by Gasteiger charge is -2.18. The van der Waals surface area contributed by atoms with Crippen LogP contribution in [0.15, 0.2) is 82.2 Å². The van der Waals surface area contributed by atoms with Crippen molar-refractivity contribution >= 4 is 35.0 Å². The first-order chi connectivity index (χ1) is 15.9. The van der Waals surface area contributed by atoms with Crippen LogP contribution in [0.3, 0.4) is 0 Å². The van der Waals surface area contributed by atoms with Gasteiger partial charge in [0.2, 0.25) is 0 Å². The molecule has 0 radical (unpaired) electrons. The largest absolute Gasteiger partial charge is 0.492 e. The molecular formula is C27H26N2O3S. The fraction of sp³-hybridized carbons (Fsp3) is 0.185. The van der Waals surface area contributed by atoms with E-state index in [1.807, 2.05) is 94.4 Å². The Bertz CT molecular complexity index is 1250. The van der Waals surface area contributed by atoms with Crippen LogP contribution in [0.25, 0.3) is 0 Å². The van der Waals surface area contributed by atoms with Gasteiger partial charge >= 0.3 is 0 Å². The monoisotopic (exact) mass is 458 g/mol. The minimum atomic E-state index is -0.382. The first kappa shape index (κ1) is 22.7. The number of ether oxygens (including phenoxy) is 1. The van der Waals surface area contributed by atoms with Crippen LogP contribution in [0.1, 0.15) is 23.6 Å². The number of anilines is 2. The Kier molecular flexibility index (Phi) is 6.56. The maximum absolute atomic E-state index is 13.6. The summed E-state index contributed by atoms with van der Waals surface area (Å²) in [6, 6.07) is 21.0. The number of rotatable bonds is 7. The van der Waals surface area contributed by atoms with Crippen LogP contribution in [0.4, 0.5) is 11.4 Å². The molecule has 1 N–H and O–H groups in total. The highest BCUT2D eigenvalue weighted by Crippen LogP contribution is 2.39. The van der Waals surface area contributed by atoms with E-state index in [0.29, 0.717) is 28.6 Å². The molecule has 168 valence electrons. The second kappa shape index (κ2) is 9.55. The highest BCUT2D eigenvalue weighted by molar-refractivity contribution is 8.04. The van der Waals surface area contributed by atoms with Crippen LogP contribution < -0.4 is 15.0 Å². The Labute approximate surface area is 198 Å². The first-order valence-corrected chi connectivity index (χ1v) is 11.6. The van der Waals surface area contributed by atoms with Gasteiger partial charge in [0.1, 0.15) is 16.4 Å². The molecule has 6 heteroatoms. The summed E-state index contributed by atoms with van der Waals surface area (Å²) in [5, 5.41) is 3.21. The number of benzene rings is 3. The van der Waals surface area contributed by atoms with Crippen molar-refractivity contribution in [2.75, 3.05) is 16.8 Å². The summed E-state index contributed by atoms with van der Waals surface area (Å²) in [7, 11) is 0. The molecule has 33 heavy (non-hydrogen) atoms. The predicted octanol–water partition coefficient (Wildman–Crippen LogP) is 6.00. The third-order valence-electron chi connectivity index (χ3n) is 5.32. The summed E-state index contributed by atoms with van der Waals surface area (Å²) in [5.41, 5.74) is 4.54. The van der Waals surface area contributed by atoms with Crippen LogP contribution in [-0.2, 0) is 9.59 Å². The van der Waals surface area contributed by atoms with E-state index in [9.17, 15) is 9.59 Å². The lowest BCUT2D eigenvalue weighted by atomic mass is 10.1. The summed E-state index contributed by atoms with van der Waals surface area (Å²) in [4.78, 5) is 29.7. The SMILES string of the molecule is CCOc1ccccc1NC1=C(Sc2ccc(C)cc2)C(=O)N(c2ccc(C)cc2C)C1=O. The number of imide groups is 1. The van der Waals surface area contributed by atoms with Gasteiger partial charge in [-0.2, -0.15) is 0 Å². The molecule has 0 fully saturated rings. The third-order valence-corrected chi connectivity index (χ3v) is 6.41. The van der Waals surface area contributed by atoms with Gasteiger partial charge in [0.25, 0.3) is 11.8 Å². The summed E-state index contributed by atoms with van der Waals surface area (Å²) in [6.45, 7) is 8.30. The van der Waals surface area contributed by atoms with E-state index in [4.69, 9.17) is 4.74 Å². The molecule has 1 heterocycles. The number of aryl methyl sites for hydroxylation is 3. The van der Waals surface area contributed by atoms with E-state index in [1.54, 1.807) is 0 Å². The normalized spacial score (nSPS) is 13.6. The summed E-state index contributed by atoms with van der Waals surface area (Å²) < 4.78 is 5.72. The molecule has 0 spiro atoms. The lowest BCUT2D eigenvalue weighted by Crippen LogP contribution is -2.33. The molecule has 0 saturated heterocycles. The summed E-state index contributed by atoms with van der Waals surface area (Å²) in [6.07, 6.45) is 0. The van der Waals surface area contributed by atoms with E-state index in [0.717, 1.165) is 21.6 Å². The van der Waals surface area contributed by atoms with Gasteiger partial charge < -0.3 is 10.1 Å². The fourth-order valence-corrected chi connectivity index (χ4v) is 4.63. The Balaban J connectivity index is 1.78. The highest BCUT2D eigenvalue weighted by Gasteiger charge is 2.41. The maximum Gasteiger partial charge on any atom is 0.283 e. The second-order valence-corrected chi connectivity index (χ2v) is 8.99. The van der Waals surface area contributed by atoms with Gasteiger partial charge in [-0.05, 0) is 63.6 Å². The maximum atomic E-state index is 13.6. The van der Waals surface area contributed by atoms with Gasteiger partial charge in [-0.15, -0.1) is 0 Å². The second-order valence-electron chi connectivity index (χ2n) is 7.91. The number of hydrogen-bond donors (Lipinski definition) is 1. The smallest absolute Gasteiger partial charge is 0.283 e. The van der Waals surface area contributed by atoms with E-state index in [-0.39, 0.29) is 17.5 Å². The van der Waals surface area contributed by atoms with E-state index in [1.165, 1.54) is 16.7 Å². The van der Waals surface area contributed by atoms with Crippen molar-refractivity contribution in [3.05, 3.63) is 94.0 Å². The number of amides is 2. The van der Waals surface area contributed by atoms with E-state index >= 15 is 0 Å². The number of nitrogens with one attached hydrogen (secondary N) is 1. The molecule has 1 aliphatic rings. The van der Waals surface area contributed by atoms with Crippen LogP contribution in [0.2, 0.25) is 0 Å². The van der Waals surface area contributed by atoms with E-state index < -0.39 is 0 Å². The predicted molar refractivity (Wildman–Crippen MR) is 134 cm³/mol. The summed E-state index contributed by atoms with van der Waals surface area (Å²) >= 11 is 1.29. The average molecular weight is 459 g/mol. The molecule has 5 nitrogen and oxygen atoms in total. The molecular weight excluding hydrogens is 432 g/mol. The van der Waals surface area contributed by atoms with Gasteiger partial charge in [-0.25, -0.2) is 4.90 Å². The standard InChI is InChI=1S/C27H26N2O3S/c1-5-32-23-9-7-6-8-21(23)28-24-25(33-20-13-10-17(2)11-14-20)27(31)29(26(24)30)22-15-12-18(3)16-19(22)4/h6-16,28H,5H2,1-4H3. The van der Waals surface area contributed by atoms with Crippen molar-refractivity contribution in [1.82, 2.24) is 0 Å². The van der Waals surface area contributed by atoms with Gasteiger partial charge in [-0.3, -0.25) is 9.59 Å². The molecule has 0 atom stereocenters. The molecule has 0 aromatic heterocycles. The minimum absolute atomic E-state index is 0.248. The number of para-hydroxylation sites is 2. The molecule has 4 rings (SSSR count). The molecule has 0 unspecified atom stereocenters. The van der Waals surface area contributed by atoms with Crippen molar-refractivity contribution in [3.8, 4) is 5.75 Å². The van der Waals surface area contributed by atoms with Crippen molar-refractivity contribution in [3.63, 3.8) is 0 Å². The van der Waals surface area contributed by atoms with Gasteiger partial charge in [-0.1, -0.05) is 59.3 Å². The van der Waals surface area contributed by atoms with E-state index in [2.05, 4.69) is 5.32 Å². The summed E-state index contributed by atoms with van der Waals surface area (Å²) in [5.74, 6) is -0.0980. The Hall–Kier alpha value is -3.51. The Morgan fingerprint density at radius 2 is 1.58 bits per heavy atom. The number of hydrogen-bond acceptors (Lipinski definition) is 5. The van der Waals surface area contributed by atoms with Crippen molar-refractivity contribution in [1.29, 1.82) is 0 Å². The van der Waals surface area contributed by atoms with Crippen molar-refractivity contribution in [2.24, 2.45) is 0 Å². The number of carbonyl (C=O) groups excluding carboxylic acids is 2. The molecule has 0 aliphatic carbocycles.